The van der Waals surface area contributed by atoms with Gasteiger partial charge in [-0.1, -0.05) is 30.3 Å². The van der Waals surface area contributed by atoms with Gasteiger partial charge in [0, 0.05) is 6.54 Å². The smallest absolute Gasteiger partial charge is 0.255 e. The van der Waals surface area contributed by atoms with E-state index in [1.807, 2.05) is 42.5 Å². The van der Waals surface area contributed by atoms with Crippen LogP contribution in [0.25, 0.3) is 0 Å². The molecule has 0 saturated carbocycles. The molecule has 0 fully saturated rings. The fraction of sp³-hybridized carbons (Fsp3) is 0.0526. The second-order valence-electron chi connectivity index (χ2n) is 5.53. The molecule has 2 aromatic carbocycles. The van der Waals surface area contributed by atoms with Crippen molar-refractivity contribution in [2.45, 2.75) is 6.54 Å². The molecule has 1 aromatic heterocycles. The summed E-state index contributed by atoms with van der Waals surface area (Å²) in [5, 5.41) is 2.66. The highest BCUT2D eigenvalue weighted by Gasteiger charge is 2.14. The van der Waals surface area contributed by atoms with Gasteiger partial charge in [0.1, 0.15) is 17.3 Å². The summed E-state index contributed by atoms with van der Waals surface area (Å²) in [4.78, 5) is 15.8. The van der Waals surface area contributed by atoms with E-state index in [1.54, 1.807) is 12.1 Å². The number of hydrogen-bond acceptors (Lipinski definition) is 5. The Labute approximate surface area is 149 Å². The summed E-state index contributed by atoms with van der Waals surface area (Å²) in [5.74, 6) is -0.353. The van der Waals surface area contributed by atoms with E-state index in [1.165, 1.54) is 0 Å². The molecular weight excluding hydrogens is 335 g/mol. The van der Waals surface area contributed by atoms with Crippen LogP contribution >= 0.6 is 0 Å². The molecule has 3 rings (SSSR count). The third kappa shape index (κ3) is 4.07. The van der Waals surface area contributed by atoms with Crippen LogP contribution in [0, 0.1) is 5.82 Å². The third-order valence-electron chi connectivity index (χ3n) is 3.63. The Balaban J connectivity index is 1.61. The molecule has 3 aromatic rings. The number of carbonyl (C=O) groups is 1. The van der Waals surface area contributed by atoms with E-state index >= 15 is 0 Å². The van der Waals surface area contributed by atoms with Crippen LogP contribution in [0.15, 0.2) is 60.7 Å². The summed E-state index contributed by atoms with van der Waals surface area (Å²) in [6.45, 7) is 0.246. The molecule has 0 radical (unpaired) electrons. The van der Waals surface area contributed by atoms with Gasteiger partial charge in [-0.25, -0.2) is 9.37 Å². The molecule has 6 nitrogen and oxygen atoms in total. The molecular formula is C19H17FN4O2. The molecule has 1 amide bonds. The Morgan fingerprint density at radius 3 is 2.35 bits per heavy atom. The monoisotopic (exact) mass is 352 g/mol. The third-order valence-corrected chi connectivity index (χ3v) is 3.63. The molecule has 0 unspecified atom stereocenters. The molecule has 5 N–H and O–H groups in total. The van der Waals surface area contributed by atoms with Crippen molar-refractivity contribution in [1.29, 1.82) is 0 Å². The number of nitrogens with two attached hydrogens (primary N) is 2. The first kappa shape index (κ1) is 17.2. The first-order chi connectivity index (χ1) is 12.5. The minimum absolute atomic E-state index is 0.0549. The molecule has 0 bridgehead atoms. The first-order valence-electron chi connectivity index (χ1n) is 7.84. The number of carbonyl (C=O) groups excluding carboxylic acids is 1. The Hall–Kier alpha value is -3.61. The number of para-hydroxylation sites is 1. The van der Waals surface area contributed by atoms with E-state index in [9.17, 15) is 9.18 Å². The summed E-state index contributed by atoms with van der Waals surface area (Å²) in [6, 6.07) is 17.6. The normalized spacial score (nSPS) is 10.3. The van der Waals surface area contributed by atoms with E-state index in [0.717, 1.165) is 17.4 Å². The number of nitrogens with zero attached hydrogens (tertiary/aromatic N) is 1. The van der Waals surface area contributed by atoms with Crippen molar-refractivity contribution in [3.63, 3.8) is 0 Å². The van der Waals surface area contributed by atoms with Gasteiger partial charge in [0.25, 0.3) is 5.91 Å². The molecule has 0 spiro atoms. The molecule has 0 saturated heterocycles. The van der Waals surface area contributed by atoms with Crippen LogP contribution in [0.2, 0.25) is 0 Å². The summed E-state index contributed by atoms with van der Waals surface area (Å²) >= 11 is 0. The number of rotatable bonds is 5. The lowest BCUT2D eigenvalue weighted by Crippen LogP contribution is -2.24. The van der Waals surface area contributed by atoms with Crippen LogP contribution in [0.4, 0.5) is 16.0 Å². The second kappa shape index (κ2) is 7.52. The fourth-order valence-corrected chi connectivity index (χ4v) is 2.28. The molecule has 0 atom stereocenters. The quantitative estimate of drug-likeness (QED) is 0.655. The number of amides is 1. The van der Waals surface area contributed by atoms with Crippen molar-refractivity contribution in [3.8, 4) is 11.5 Å². The maximum Gasteiger partial charge on any atom is 0.255 e. The topological polar surface area (TPSA) is 103 Å². The van der Waals surface area contributed by atoms with E-state index in [-0.39, 0.29) is 23.7 Å². The largest absolute Gasteiger partial charge is 0.457 e. The zero-order chi connectivity index (χ0) is 18.5. The van der Waals surface area contributed by atoms with E-state index in [0.29, 0.717) is 5.75 Å². The number of benzene rings is 2. The van der Waals surface area contributed by atoms with Crippen LogP contribution in [0.3, 0.4) is 0 Å². The minimum Gasteiger partial charge on any atom is -0.457 e. The fourth-order valence-electron chi connectivity index (χ4n) is 2.28. The van der Waals surface area contributed by atoms with Gasteiger partial charge >= 0.3 is 0 Å². The zero-order valence-corrected chi connectivity index (χ0v) is 13.8. The van der Waals surface area contributed by atoms with Crippen LogP contribution in [0.1, 0.15) is 15.9 Å². The van der Waals surface area contributed by atoms with Gasteiger partial charge in [-0.3, -0.25) is 4.79 Å². The summed E-state index contributed by atoms with van der Waals surface area (Å²) in [5.41, 5.74) is 11.7. The Kier molecular flexibility index (Phi) is 4.98. The van der Waals surface area contributed by atoms with Gasteiger partial charge in [-0.2, -0.15) is 0 Å². The zero-order valence-electron chi connectivity index (χ0n) is 13.8. The molecule has 0 aliphatic carbocycles. The lowest BCUT2D eigenvalue weighted by molar-refractivity contribution is 0.0951. The second-order valence-corrected chi connectivity index (χ2v) is 5.53. The van der Waals surface area contributed by atoms with Crippen LogP contribution < -0.4 is 21.5 Å². The highest BCUT2D eigenvalue weighted by atomic mass is 19.1. The Bertz CT molecular complexity index is 915. The van der Waals surface area contributed by atoms with E-state index < -0.39 is 11.7 Å². The van der Waals surface area contributed by atoms with Gasteiger partial charge < -0.3 is 21.5 Å². The molecule has 7 heteroatoms. The van der Waals surface area contributed by atoms with Crippen LogP contribution in [-0.4, -0.2) is 10.9 Å². The van der Waals surface area contributed by atoms with Crippen molar-refractivity contribution in [2.75, 3.05) is 11.5 Å². The van der Waals surface area contributed by atoms with Crippen molar-refractivity contribution in [1.82, 2.24) is 10.3 Å². The van der Waals surface area contributed by atoms with Gasteiger partial charge in [-0.05, 0) is 35.9 Å². The number of anilines is 2. The minimum atomic E-state index is -0.785. The molecule has 1 heterocycles. The number of nitrogens with one attached hydrogen (secondary N) is 1. The van der Waals surface area contributed by atoms with Crippen molar-refractivity contribution in [2.24, 2.45) is 0 Å². The van der Waals surface area contributed by atoms with Crippen molar-refractivity contribution in [3.05, 3.63) is 77.6 Å². The Morgan fingerprint density at radius 1 is 1.00 bits per heavy atom. The number of nitrogen functional groups attached to an aromatic ring is 2. The predicted octanol–water partition coefficient (Wildman–Crippen LogP) is 3.11. The number of ether oxygens (including phenoxy) is 1. The van der Waals surface area contributed by atoms with Crippen molar-refractivity contribution >= 4 is 17.5 Å². The summed E-state index contributed by atoms with van der Waals surface area (Å²) < 4.78 is 19.2. The van der Waals surface area contributed by atoms with Gasteiger partial charge in [-0.15, -0.1) is 0 Å². The predicted molar refractivity (Wildman–Crippen MR) is 97.1 cm³/mol. The number of halogens is 1. The number of pyridine rings is 1. The standard InChI is InChI=1S/C19H17FN4O2/c20-16-10-15(17(21)24-18(16)22)19(25)23-11-12-6-8-14(9-7-12)26-13-4-2-1-3-5-13/h1-10H,11H2,(H,23,25)(H4,21,22,24). The molecule has 0 aliphatic rings. The van der Waals surface area contributed by atoms with E-state index in [2.05, 4.69) is 10.3 Å². The number of aromatic nitrogens is 1. The van der Waals surface area contributed by atoms with E-state index in [4.69, 9.17) is 16.2 Å². The molecule has 26 heavy (non-hydrogen) atoms. The summed E-state index contributed by atoms with van der Waals surface area (Å²) in [7, 11) is 0. The van der Waals surface area contributed by atoms with Crippen molar-refractivity contribution < 1.29 is 13.9 Å². The highest BCUT2D eigenvalue weighted by molar-refractivity contribution is 5.98. The number of hydrogen-bond donors (Lipinski definition) is 3. The lowest BCUT2D eigenvalue weighted by atomic mass is 10.2. The highest BCUT2D eigenvalue weighted by Crippen LogP contribution is 2.21. The average Bonchev–Trinajstić information content (AvgIpc) is 2.65. The van der Waals surface area contributed by atoms with Crippen LogP contribution in [-0.2, 0) is 6.54 Å². The molecule has 132 valence electrons. The Morgan fingerprint density at radius 2 is 1.65 bits per heavy atom. The SMILES string of the molecule is Nc1nc(N)c(C(=O)NCc2ccc(Oc3ccccc3)cc2)cc1F. The average molecular weight is 352 g/mol. The maximum absolute atomic E-state index is 13.5. The van der Waals surface area contributed by atoms with Gasteiger partial charge in [0.2, 0.25) is 0 Å². The molecule has 0 aliphatic heterocycles. The maximum atomic E-state index is 13.5. The van der Waals surface area contributed by atoms with Crippen LogP contribution in [0.5, 0.6) is 11.5 Å². The summed E-state index contributed by atoms with van der Waals surface area (Å²) in [6.07, 6.45) is 0. The van der Waals surface area contributed by atoms with Gasteiger partial charge in [0.15, 0.2) is 11.6 Å². The van der Waals surface area contributed by atoms with Gasteiger partial charge in [0.05, 0.1) is 5.56 Å². The lowest BCUT2D eigenvalue weighted by Gasteiger charge is -2.09. The first-order valence-corrected chi connectivity index (χ1v) is 7.84.